The van der Waals surface area contributed by atoms with Gasteiger partial charge in [-0.3, -0.25) is 14.4 Å². The molecule has 4 rings (SSSR count). The summed E-state index contributed by atoms with van der Waals surface area (Å²) in [5, 5.41) is 9.27. The number of halogens is 1. The van der Waals surface area contributed by atoms with Gasteiger partial charge in [0.1, 0.15) is 17.6 Å². The second-order valence-electron chi connectivity index (χ2n) is 7.17. The molecule has 1 aromatic heterocycles. The zero-order valence-corrected chi connectivity index (χ0v) is 17.7. The van der Waals surface area contributed by atoms with E-state index in [0.29, 0.717) is 28.8 Å². The van der Waals surface area contributed by atoms with Crippen LogP contribution in [0.15, 0.2) is 47.5 Å². The molecule has 3 aromatic rings. The van der Waals surface area contributed by atoms with Gasteiger partial charge in [0.2, 0.25) is 5.91 Å². The molecule has 154 valence electrons. The highest BCUT2D eigenvalue weighted by Crippen LogP contribution is 2.37. The zero-order valence-electron chi connectivity index (χ0n) is 17.0. The Bertz CT molecular complexity index is 1140. The summed E-state index contributed by atoms with van der Waals surface area (Å²) in [7, 11) is 1.62. The molecule has 2 aromatic carbocycles. The highest BCUT2D eigenvalue weighted by Gasteiger charge is 2.35. The van der Waals surface area contributed by atoms with Gasteiger partial charge in [0.25, 0.3) is 0 Å². The second-order valence-corrected chi connectivity index (χ2v) is 7.61. The maximum Gasteiger partial charge on any atom is 0.223 e. The molecule has 0 spiro atoms. The first-order valence-electron chi connectivity index (χ1n) is 9.68. The minimum Gasteiger partial charge on any atom is -0.497 e. The van der Waals surface area contributed by atoms with Crippen molar-refractivity contribution in [1.29, 1.82) is 0 Å². The van der Waals surface area contributed by atoms with Gasteiger partial charge in [-0.05, 0) is 43.7 Å². The molecule has 0 fully saturated rings. The quantitative estimate of drug-likeness (QED) is 0.677. The van der Waals surface area contributed by atoms with E-state index in [4.69, 9.17) is 27.1 Å². The molecule has 2 atom stereocenters. The highest BCUT2D eigenvalue weighted by atomic mass is 35.5. The molecule has 2 heterocycles. The summed E-state index contributed by atoms with van der Waals surface area (Å²) < 4.78 is 7.41. The van der Waals surface area contributed by atoms with Crippen LogP contribution in [0.2, 0.25) is 5.02 Å². The number of carbonyl (C=O) groups excluding carboxylic acids is 1. The van der Waals surface area contributed by atoms with Crippen LogP contribution in [0, 0.1) is 12.8 Å². The minimum atomic E-state index is -0.572. The van der Waals surface area contributed by atoms with Crippen LogP contribution in [0.25, 0.3) is 5.69 Å². The number of carbonyl (C=O) groups is 1. The van der Waals surface area contributed by atoms with Crippen molar-refractivity contribution in [2.45, 2.75) is 26.3 Å². The second kappa shape index (κ2) is 7.91. The van der Waals surface area contributed by atoms with Gasteiger partial charge in [0.05, 0.1) is 24.4 Å². The number of hydrogen-bond donors (Lipinski definition) is 1. The Kier molecular flexibility index (Phi) is 5.30. The lowest BCUT2D eigenvalue weighted by atomic mass is 9.95. The van der Waals surface area contributed by atoms with Crippen molar-refractivity contribution in [3.63, 3.8) is 0 Å². The maximum atomic E-state index is 12.3. The fourth-order valence-electron chi connectivity index (χ4n) is 3.85. The molecule has 1 amide bonds. The molecule has 1 unspecified atom stereocenters. The molecule has 1 aliphatic rings. The molecule has 8 heteroatoms. The SMILES string of the molecule is CCC(C(N)=O)[C@@H]1N=C(c2ccc(Cl)cc2)c2cc(OC)ccc2-n2c(C)nnc21. The molecule has 0 radical (unpaired) electrons. The van der Waals surface area contributed by atoms with Crippen molar-refractivity contribution in [3.8, 4) is 11.4 Å². The van der Waals surface area contributed by atoms with Crippen LogP contribution in [-0.2, 0) is 4.79 Å². The Hall–Kier alpha value is -3.19. The zero-order chi connectivity index (χ0) is 21.4. The smallest absolute Gasteiger partial charge is 0.223 e. The van der Waals surface area contributed by atoms with Gasteiger partial charge in [-0.1, -0.05) is 30.7 Å². The van der Waals surface area contributed by atoms with E-state index in [1.807, 2.05) is 60.9 Å². The lowest BCUT2D eigenvalue weighted by molar-refractivity contribution is -0.122. The summed E-state index contributed by atoms with van der Waals surface area (Å²) in [6.07, 6.45) is 0.531. The lowest BCUT2D eigenvalue weighted by Gasteiger charge is -2.19. The molecular weight excluding hydrogens is 402 g/mol. The van der Waals surface area contributed by atoms with Gasteiger partial charge >= 0.3 is 0 Å². The maximum absolute atomic E-state index is 12.3. The molecule has 0 saturated heterocycles. The van der Waals surface area contributed by atoms with Crippen molar-refractivity contribution < 1.29 is 9.53 Å². The van der Waals surface area contributed by atoms with E-state index in [1.54, 1.807) is 7.11 Å². The average Bonchev–Trinajstić information content (AvgIpc) is 3.05. The van der Waals surface area contributed by atoms with Gasteiger partial charge in [0, 0.05) is 16.1 Å². The average molecular weight is 424 g/mol. The van der Waals surface area contributed by atoms with E-state index in [9.17, 15) is 4.79 Å². The Balaban J connectivity index is 2.05. The first-order chi connectivity index (χ1) is 14.4. The molecule has 0 aliphatic carbocycles. The third-order valence-corrected chi connectivity index (χ3v) is 5.64. The van der Waals surface area contributed by atoms with E-state index in [2.05, 4.69) is 10.2 Å². The summed E-state index contributed by atoms with van der Waals surface area (Å²) in [5.74, 6) is 1.05. The summed E-state index contributed by atoms with van der Waals surface area (Å²) in [4.78, 5) is 17.3. The summed E-state index contributed by atoms with van der Waals surface area (Å²) in [6.45, 7) is 3.79. The molecular formula is C22H22ClN5O2. The Morgan fingerprint density at radius 2 is 1.97 bits per heavy atom. The Morgan fingerprint density at radius 1 is 1.23 bits per heavy atom. The molecule has 0 bridgehead atoms. The normalized spacial score (nSPS) is 16.1. The lowest BCUT2D eigenvalue weighted by Crippen LogP contribution is -2.29. The van der Waals surface area contributed by atoms with Crippen LogP contribution in [-0.4, -0.2) is 33.5 Å². The van der Waals surface area contributed by atoms with Gasteiger partial charge in [0.15, 0.2) is 5.82 Å². The van der Waals surface area contributed by atoms with Gasteiger partial charge < -0.3 is 10.5 Å². The predicted molar refractivity (Wildman–Crippen MR) is 115 cm³/mol. The number of ether oxygens (including phenoxy) is 1. The Labute approximate surface area is 179 Å². The molecule has 2 N–H and O–H groups in total. The van der Waals surface area contributed by atoms with Crippen LogP contribution in [0.3, 0.4) is 0 Å². The number of benzene rings is 2. The number of nitrogens with two attached hydrogens (primary N) is 1. The number of aryl methyl sites for hydroxylation is 1. The third kappa shape index (κ3) is 3.35. The predicted octanol–water partition coefficient (Wildman–Crippen LogP) is 3.64. The molecule has 30 heavy (non-hydrogen) atoms. The number of methoxy groups -OCH3 is 1. The molecule has 1 aliphatic heterocycles. The van der Waals surface area contributed by atoms with Crippen LogP contribution in [0.4, 0.5) is 0 Å². The fourth-order valence-corrected chi connectivity index (χ4v) is 3.97. The van der Waals surface area contributed by atoms with E-state index < -0.39 is 17.9 Å². The largest absolute Gasteiger partial charge is 0.497 e. The first kappa shape index (κ1) is 20.1. The van der Waals surface area contributed by atoms with Crippen LogP contribution in [0.1, 0.15) is 42.2 Å². The van der Waals surface area contributed by atoms with Crippen molar-refractivity contribution in [2.24, 2.45) is 16.6 Å². The van der Waals surface area contributed by atoms with Gasteiger partial charge in [-0.15, -0.1) is 10.2 Å². The summed E-state index contributed by atoms with van der Waals surface area (Å²) in [6, 6.07) is 12.6. The number of primary amides is 1. The summed E-state index contributed by atoms with van der Waals surface area (Å²) in [5.41, 5.74) is 9.05. The van der Waals surface area contributed by atoms with Crippen LogP contribution in [0.5, 0.6) is 5.75 Å². The highest BCUT2D eigenvalue weighted by molar-refractivity contribution is 6.30. The third-order valence-electron chi connectivity index (χ3n) is 5.39. The first-order valence-corrected chi connectivity index (χ1v) is 10.1. The number of hydrogen-bond acceptors (Lipinski definition) is 5. The van der Waals surface area contributed by atoms with Gasteiger partial charge in [-0.25, -0.2) is 0 Å². The van der Waals surface area contributed by atoms with Crippen LogP contribution < -0.4 is 10.5 Å². The van der Waals surface area contributed by atoms with Gasteiger partial charge in [-0.2, -0.15) is 0 Å². The molecule has 0 saturated carbocycles. The van der Waals surface area contributed by atoms with E-state index in [1.165, 1.54) is 0 Å². The van der Waals surface area contributed by atoms with E-state index in [0.717, 1.165) is 22.5 Å². The fraction of sp³-hybridized carbons (Fsp3) is 0.273. The Morgan fingerprint density at radius 3 is 2.60 bits per heavy atom. The van der Waals surface area contributed by atoms with Crippen LogP contribution >= 0.6 is 11.6 Å². The summed E-state index contributed by atoms with van der Waals surface area (Å²) >= 11 is 6.11. The van der Waals surface area contributed by atoms with Crippen molar-refractivity contribution in [1.82, 2.24) is 14.8 Å². The minimum absolute atomic E-state index is 0.419. The number of fused-ring (bicyclic) bond motifs is 3. The monoisotopic (exact) mass is 423 g/mol. The van der Waals surface area contributed by atoms with E-state index in [-0.39, 0.29) is 0 Å². The standard InChI is InChI=1S/C22H22ClN5O2/c1-4-16(21(24)29)20-22-27-26-12(2)28(22)18-10-9-15(30-3)11-17(18)19(25-20)13-5-7-14(23)8-6-13/h5-11,16,20H,4H2,1-3H3,(H2,24,29)/t16?,20-/m0/s1. The number of amides is 1. The van der Waals surface area contributed by atoms with Crippen molar-refractivity contribution >= 4 is 23.2 Å². The number of aliphatic imine (C=N–C) groups is 1. The number of nitrogens with zero attached hydrogens (tertiary/aromatic N) is 4. The molecule has 7 nitrogen and oxygen atoms in total. The number of aromatic nitrogens is 3. The number of rotatable bonds is 5. The van der Waals surface area contributed by atoms with Crippen molar-refractivity contribution in [2.75, 3.05) is 7.11 Å². The van der Waals surface area contributed by atoms with Crippen molar-refractivity contribution in [3.05, 3.63) is 70.3 Å². The topological polar surface area (TPSA) is 95.4 Å². The van der Waals surface area contributed by atoms with E-state index >= 15 is 0 Å².